The van der Waals surface area contributed by atoms with Crippen LogP contribution in [0.3, 0.4) is 0 Å². The number of nitrogen functional groups attached to an aromatic ring is 1. The number of hydrogen-bond acceptors (Lipinski definition) is 4. The van der Waals surface area contributed by atoms with Crippen molar-refractivity contribution in [3.63, 3.8) is 0 Å². The van der Waals surface area contributed by atoms with Gasteiger partial charge in [-0.15, -0.1) is 11.3 Å². The number of nitrogens with two attached hydrogens (primary N) is 1. The summed E-state index contributed by atoms with van der Waals surface area (Å²) in [5.74, 6) is 0. The van der Waals surface area contributed by atoms with Gasteiger partial charge in [-0.1, -0.05) is 18.2 Å². The molecule has 0 spiro atoms. The second kappa shape index (κ2) is 6.04. The molecule has 0 unspecified atom stereocenters. The number of aryl methyl sites for hydroxylation is 1. The third kappa shape index (κ3) is 3.68. The first-order valence-electron chi connectivity index (χ1n) is 6.20. The quantitative estimate of drug-likeness (QED) is 0.866. The van der Waals surface area contributed by atoms with Crippen molar-refractivity contribution in [1.82, 2.24) is 9.47 Å². The van der Waals surface area contributed by atoms with Crippen molar-refractivity contribution in [3.05, 3.63) is 45.7 Å². The maximum Gasteiger partial charge on any atom is 0.185 e. The van der Waals surface area contributed by atoms with Crippen LogP contribution in [0.4, 0.5) is 5.69 Å². The summed E-state index contributed by atoms with van der Waals surface area (Å²) in [6, 6.07) is 7.87. The second-order valence-corrected chi connectivity index (χ2v) is 5.94. The summed E-state index contributed by atoms with van der Waals surface area (Å²) in [6.07, 6.45) is 2.14. The van der Waals surface area contributed by atoms with E-state index < -0.39 is 0 Å². The van der Waals surface area contributed by atoms with E-state index >= 15 is 0 Å². The molecule has 102 valence electrons. The molecular weight excluding hydrogens is 256 g/mol. The first kappa shape index (κ1) is 13.8. The van der Waals surface area contributed by atoms with E-state index in [-0.39, 0.29) is 0 Å². The molecular formula is C14H20N4S. The van der Waals surface area contributed by atoms with Gasteiger partial charge in [0.15, 0.2) is 4.80 Å². The van der Waals surface area contributed by atoms with Crippen LogP contribution in [0.2, 0.25) is 0 Å². The highest BCUT2D eigenvalue weighted by molar-refractivity contribution is 7.09. The third-order valence-corrected chi connectivity index (χ3v) is 3.87. The summed E-state index contributed by atoms with van der Waals surface area (Å²) in [4.78, 5) is 9.15. The largest absolute Gasteiger partial charge is 0.398 e. The van der Waals surface area contributed by atoms with E-state index in [9.17, 15) is 0 Å². The van der Waals surface area contributed by atoms with Gasteiger partial charge in [0, 0.05) is 30.4 Å². The van der Waals surface area contributed by atoms with Crippen LogP contribution in [0.1, 0.15) is 10.4 Å². The van der Waals surface area contributed by atoms with Crippen LogP contribution in [0.5, 0.6) is 0 Å². The molecule has 1 aromatic carbocycles. The van der Waals surface area contributed by atoms with Crippen molar-refractivity contribution in [3.8, 4) is 0 Å². The van der Waals surface area contributed by atoms with Gasteiger partial charge in [-0.3, -0.25) is 4.99 Å². The summed E-state index contributed by atoms with van der Waals surface area (Å²) >= 11 is 1.73. The first-order valence-corrected chi connectivity index (χ1v) is 7.02. The van der Waals surface area contributed by atoms with Crippen molar-refractivity contribution in [2.45, 2.75) is 13.1 Å². The molecule has 0 atom stereocenters. The van der Waals surface area contributed by atoms with Gasteiger partial charge in [0.1, 0.15) is 0 Å². The Balaban J connectivity index is 2.20. The Bertz CT molecular complexity index is 610. The molecule has 2 aromatic rings. The number of anilines is 1. The van der Waals surface area contributed by atoms with Gasteiger partial charge < -0.3 is 15.2 Å². The van der Waals surface area contributed by atoms with Crippen LogP contribution in [0.25, 0.3) is 0 Å². The Labute approximate surface area is 117 Å². The molecule has 0 saturated heterocycles. The normalized spacial score (nSPS) is 12.3. The zero-order valence-electron chi connectivity index (χ0n) is 11.6. The number of aromatic nitrogens is 1. The molecule has 0 aliphatic heterocycles. The lowest BCUT2D eigenvalue weighted by molar-refractivity contribution is 0.405. The van der Waals surface area contributed by atoms with E-state index in [1.165, 1.54) is 4.88 Å². The van der Waals surface area contributed by atoms with Gasteiger partial charge in [0.25, 0.3) is 0 Å². The standard InChI is InChI=1S/C14H20N4S/c1-17(2)9-12-10-18(3)14(19-12)16-8-11-6-4-5-7-13(11)15/h4-7,10H,8-9,15H2,1-3H3. The lowest BCUT2D eigenvalue weighted by atomic mass is 10.2. The Morgan fingerprint density at radius 1 is 1.32 bits per heavy atom. The smallest absolute Gasteiger partial charge is 0.185 e. The van der Waals surface area contributed by atoms with Gasteiger partial charge in [0.05, 0.1) is 6.54 Å². The number of para-hydroxylation sites is 1. The van der Waals surface area contributed by atoms with Crippen LogP contribution in [0.15, 0.2) is 35.5 Å². The summed E-state index contributed by atoms with van der Waals surface area (Å²) in [7, 11) is 6.17. The summed E-state index contributed by atoms with van der Waals surface area (Å²) in [6.45, 7) is 1.57. The highest BCUT2D eigenvalue weighted by Gasteiger charge is 2.01. The molecule has 0 radical (unpaired) electrons. The fraction of sp³-hybridized carbons (Fsp3) is 0.357. The van der Waals surface area contributed by atoms with Crippen molar-refractivity contribution < 1.29 is 0 Å². The molecule has 5 heteroatoms. The lowest BCUT2D eigenvalue weighted by Crippen LogP contribution is -2.09. The summed E-state index contributed by atoms with van der Waals surface area (Å²) < 4.78 is 2.07. The van der Waals surface area contributed by atoms with Gasteiger partial charge in [-0.25, -0.2) is 0 Å². The highest BCUT2D eigenvalue weighted by Crippen LogP contribution is 2.11. The van der Waals surface area contributed by atoms with Crippen LogP contribution in [-0.2, 0) is 20.1 Å². The molecule has 0 bridgehead atoms. The number of rotatable bonds is 4. The van der Waals surface area contributed by atoms with E-state index in [0.717, 1.165) is 22.6 Å². The van der Waals surface area contributed by atoms with E-state index in [1.807, 2.05) is 31.3 Å². The van der Waals surface area contributed by atoms with Gasteiger partial charge in [-0.2, -0.15) is 0 Å². The summed E-state index contributed by atoms with van der Waals surface area (Å²) in [5, 5.41) is 0. The fourth-order valence-electron chi connectivity index (χ4n) is 1.85. The van der Waals surface area contributed by atoms with Gasteiger partial charge in [-0.05, 0) is 25.7 Å². The molecule has 19 heavy (non-hydrogen) atoms. The molecule has 1 aromatic heterocycles. The molecule has 0 amide bonds. The number of nitrogens with zero attached hydrogens (tertiary/aromatic N) is 3. The Hall–Kier alpha value is -1.59. The maximum atomic E-state index is 5.92. The molecule has 0 saturated carbocycles. The van der Waals surface area contributed by atoms with Gasteiger partial charge >= 0.3 is 0 Å². The van der Waals surface area contributed by atoms with E-state index in [4.69, 9.17) is 5.73 Å². The van der Waals surface area contributed by atoms with Crippen molar-refractivity contribution in [1.29, 1.82) is 0 Å². The third-order valence-electron chi connectivity index (χ3n) is 2.77. The lowest BCUT2D eigenvalue weighted by Gasteiger charge is -2.05. The minimum Gasteiger partial charge on any atom is -0.398 e. The predicted molar refractivity (Wildman–Crippen MR) is 80.8 cm³/mol. The van der Waals surface area contributed by atoms with Crippen molar-refractivity contribution in [2.75, 3.05) is 19.8 Å². The zero-order valence-corrected chi connectivity index (χ0v) is 12.4. The van der Waals surface area contributed by atoms with Crippen LogP contribution >= 0.6 is 11.3 Å². The maximum absolute atomic E-state index is 5.92. The van der Waals surface area contributed by atoms with E-state index in [2.05, 4.69) is 34.8 Å². The van der Waals surface area contributed by atoms with Crippen LogP contribution in [0, 0.1) is 0 Å². The molecule has 4 nitrogen and oxygen atoms in total. The molecule has 2 rings (SSSR count). The fourth-order valence-corrected chi connectivity index (χ4v) is 2.94. The first-order chi connectivity index (χ1) is 9.06. The Morgan fingerprint density at radius 3 is 2.74 bits per heavy atom. The summed E-state index contributed by atoms with van der Waals surface area (Å²) in [5.41, 5.74) is 7.80. The Morgan fingerprint density at radius 2 is 2.05 bits per heavy atom. The average Bonchev–Trinajstić information content (AvgIpc) is 2.67. The van der Waals surface area contributed by atoms with Gasteiger partial charge in [0.2, 0.25) is 0 Å². The minimum atomic E-state index is 0.627. The van der Waals surface area contributed by atoms with Crippen LogP contribution in [-0.4, -0.2) is 23.6 Å². The zero-order chi connectivity index (χ0) is 13.8. The van der Waals surface area contributed by atoms with E-state index in [0.29, 0.717) is 6.54 Å². The molecule has 0 aliphatic carbocycles. The SMILES string of the molecule is CN(C)Cc1cn(C)c(=NCc2ccccc2N)s1. The number of hydrogen-bond donors (Lipinski definition) is 1. The molecule has 2 N–H and O–H groups in total. The minimum absolute atomic E-state index is 0.627. The topological polar surface area (TPSA) is 46.5 Å². The van der Waals surface area contributed by atoms with Crippen molar-refractivity contribution in [2.24, 2.45) is 12.0 Å². The number of thiazole rings is 1. The highest BCUT2D eigenvalue weighted by atomic mass is 32.1. The molecule has 1 heterocycles. The monoisotopic (exact) mass is 276 g/mol. The molecule has 0 aliphatic rings. The van der Waals surface area contributed by atoms with Crippen LogP contribution < -0.4 is 10.5 Å². The van der Waals surface area contributed by atoms with E-state index in [1.54, 1.807) is 11.3 Å². The Kier molecular flexibility index (Phi) is 4.39. The average molecular weight is 276 g/mol. The molecule has 0 fully saturated rings. The second-order valence-electron chi connectivity index (χ2n) is 4.84. The van der Waals surface area contributed by atoms with Crippen molar-refractivity contribution >= 4 is 17.0 Å². The number of benzene rings is 1. The predicted octanol–water partition coefficient (Wildman–Crippen LogP) is 1.83.